The summed E-state index contributed by atoms with van der Waals surface area (Å²) < 4.78 is 10.9. The van der Waals surface area contributed by atoms with Crippen LogP contribution in [-0.4, -0.2) is 106 Å². The Hall–Kier alpha value is -1.40. The maximum Gasteiger partial charge on any atom is 0.223 e. The molecule has 0 aromatic carbocycles. The molecule has 0 spiro atoms. The van der Waals surface area contributed by atoms with Crippen LogP contribution in [0.3, 0.4) is 0 Å². The fourth-order valence-corrected chi connectivity index (χ4v) is 5.05. The maximum atomic E-state index is 12.3. The van der Waals surface area contributed by atoms with Crippen molar-refractivity contribution in [2.75, 3.05) is 78.0 Å². The minimum absolute atomic E-state index is 0.0000714. The Labute approximate surface area is 227 Å². The molecule has 1 aliphatic rings. The van der Waals surface area contributed by atoms with E-state index in [0.717, 1.165) is 26.1 Å². The van der Waals surface area contributed by atoms with Gasteiger partial charge in [-0.05, 0) is 18.3 Å². The van der Waals surface area contributed by atoms with E-state index in [1.165, 1.54) is 6.42 Å². The first-order chi connectivity index (χ1) is 17.8. The monoisotopic (exact) mass is 545 g/mol. The van der Waals surface area contributed by atoms with Crippen LogP contribution >= 0.6 is 11.8 Å². The molecular weight excluding hydrogens is 494 g/mol. The summed E-state index contributed by atoms with van der Waals surface area (Å²) in [5.41, 5.74) is 5.38. The topological polar surface area (TPSA) is 135 Å². The SMILES string of the molecule is CC(C)CCC(C)CN1CC(SCCC(=O)NCCOCCOCCC(=O)NCCNCCN)CC1=O. The summed E-state index contributed by atoms with van der Waals surface area (Å²) in [5, 5.41) is 9.06. The number of nitrogens with two attached hydrogens (primary N) is 1. The highest BCUT2D eigenvalue weighted by molar-refractivity contribution is 8.00. The Morgan fingerprint density at radius 1 is 0.973 bits per heavy atom. The molecule has 2 atom stereocenters. The van der Waals surface area contributed by atoms with Gasteiger partial charge in [0.05, 0.1) is 26.4 Å². The molecule has 1 heterocycles. The van der Waals surface area contributed by atoms with Crippen LogP contribution in [0.15, 0.2) is 0 Å². The van der Waals surface area contributed by atoms with Gasteiger partial charge in [-0.3, -0.25) is 14.4 Å². The number of thioether (sulfide) groups is 1. The number of carbonyl (C=O) groups excluding carboxylic acids is 3. The molecule has 0 aromatic rings. The molecule has 0 aromatic heterocycles. The van der Waals surface area contributed by atoms with Crippen molar-refractivity contribution >= 4 is 29.5 Å². The molecule has 216 valence electrons. The van der Waals surface area contributed by atoms with Gasteiger partial charge in [0.25, 0.3) is 0 Å². The van der Waals surface area contributed by atoms with Crippen LogP contribution in [0, 0.1) is 11.8 Å². The number of hydrogen-bond donors (Lipinski definition) is 4. The van der Waals surface area contributed by atoms with Crippen LogP contribution in [0.25, 0.3) is 0 Å². The van der Waals surface area contributed by atoms with Gasteiger partial charge in [-0.25, -0.2) is 0 Å². The summed E-state index contributed by atoms with van der Waals surface area (Å²) in [6.45, 7) is 13.0. The van der Waals surface area contributed by atoms with E-state index in [-0.39, 0.29) is 23.0 Å². The number of hydrogen-bond acceptors (Lipinski definition) is 8. The second-order valence-electron chi connectivity index (χ2n) is 10.0. The Morgan fingerprint density at radius 2 is 1.68 bits per heavy atom. The molecule has 5 N–H and O–H groups in total. The number of amides is 3. The number of carbonyl (C=O) groups is 3. The molecular formula is C26H51N5O5S. The average molecular weight is 546 g/mol. The van der Waals surface area contributed by atoms with Crippen LogP contribution in [0.5, 0.6) is 0 Å². The zero-order valence-corrected chi connectivity index (χ0v) is 24.0. The van der Waals surface area contributed by atoms with Crippen molar-refractivity contribution in [3.63, 3.8) is 0 Å². The smallest absolute Gasteiger partial charge is 0.223 e. The highest BCUT2D eigenvalue weighted by Crippen LogP contribution is 2.25. The molecule has 10 nitrogen and oxygen atoms in total. The van der Waals surface area contributed by atoms with Gasteiger partial charge in [-0.15, -0.1) is 0 Å². The summed E-state index contributed by atoms with van der Waals surface area (Å²) in [6, 6.07) is 0. The number of nitrogens with one attached hydrogen (secondary N) is 3. The number of likely N-dealkylation sites (tertiary alicyclic amines) is 1. The van der Waals surface area contributed by atoms with Gasteiger partial charge < -0.3 is 36.1 Å². The second kappa shape index (κ2) is 21.5. The van der Waals surface area contributed by atoms with Crippen LogP contribution in [0.1, 0.15) is 52.9 Å². The second-order valence-corrected chi connectivity index (χ2v) is 11.4. The lowest BCUT2D eigenvalue weighted by atomic mass is 9.99. The van der Waals surface area contributed by atoms with Crippen molar-refractivity contribution in [2.24, 2.45) is 17.6 Å². The van der Waals surface area contributed by atoms with Crippen molar-refractivity contribution in [3.05, 3.63) is 0 Å². The fourth-order valence-electron chi connectivity index (χ4n) is 3.87. The maximum absolute atomic E-state index is 12.3. The van der Waals surface area contributed by atoms with E-state index in [2.05, 4.69) is 36.7 Å². The zero-order valence-electron chi connectivity index (χ0n) is 23.2. The summed E-state index contributed by atoms with van der Waals surface area (Å²) in [6.07, 6.45) is 3.69. The van der Waals surface area contributed by atoms with E-state index in [1.54, 1.807) is 11.8 Å². The van der Waals surface area contributed by atoms with E-state index >= 15 is 0 Å². The highest BCUT2D eigenvalue weighted by Gasteiger charge is 2.30. The number of rotatable bonds is 23. The van der Waals surface area contributed by atoms with Gasteiger partial charge in [0.2, 0.25) is 17.7 Å². The Morgan fingerprint density at radius 3 is 2.41 bits per heavy atom. The quantitative estimate of drug-likeness (QED) is 0.140. The highest BCUT2D eigenvalue weighted by atomic mass is 32.2. The van der Waals surface area contributed by atoms with Crippen molar-refractivity contribution < 1.29 is 23.9 Å². The molecule has 0 aliphatic carbocycles. The lowest BCUT2D eigenvalue weighted by molar-refractivity contribution is -0.128. The Kier molecular flexibility index (Phi) is 19.6. The summed E-state index contributed by atoms with van der Waals surface area (Å²) in [7, 11) is 0. The molecule has 0 saturated carbocycles. The van der Waals surface area contributed by atoms with Crippen molar-refractivity contribution in [2.45, 2.75) is 58.1 Å². The normalized spacial score (nSPS) is 16.4. The first-order valence-corrected chi connectivity index (χ1v) is 14.9. The molecule has 0 bridgehead atoms. The predicted molar refractivity (Wildman–Crippen MR) is 149 cm³/mol. The van der Waals surface area contributed by atoms with E-state index < -0.39 is 0 Å². The lowest BCUT2D eigenvalue weighted by Crippen LogP contribution is -2.34. The lowest BCUT2D eigenvalue weighted by Gasteiger charge is -2.22. The van der Waals surface area contributed by atoms with E-state index in [4.69, 9.17) is 15.2 Å². The average Bonchev–Trinajstić information content (AvgIpc) is 3.20. The van der Waals surface area contributed by atoms with Gasteiger partial charge in [0.15, 0.2) is 0 Å². The molecule has 0 radical (unpaired) electrons. The molecule has 3 amide bonds. The summed E-state index contributed by atoms with van der Waals surface area (Å²) >= 11 is 1.72. The molecule has 11 heteroatoms. The molecule has 2 unspecified atom stereocenters. The van der Waals surface area contributed by atoms with Gasteiger partial charge in [-0.2, -0.15) is 11.8 Å². The molecule has 1 rings (SSSR count). The molecule has 1 aliphatic heterocycles. The molecule has 1 fully saturated rings. The van der Waals surface area contributed by atoms with Crippen molar-refractivity contribution in [1.29, 1.82) is 0 Å². The van der Waals surface area contributed by atoms with Crippen molar-refractivity contribution in [3.8, 4) is 0 Å². The Bertz CT molecular complexity index is 640. The van der Waals surface area contributed by atoms with Crippen LogP contribution in [-0.2, 0) is 23.9 Å². The number of ether oxygens (including phenoxy) is 2. The predicted octanol–water partition coefficient (Wildman–Crippen LogP) is 0.987. The van der Waals surface area contributed by atoms with Gasteiger partial charge in [-0.1, -0.05) is 27.2 Å². The van der Waals surface area contributed by atoms with E-state index in [1.807, 2.05) is 4.90 Å². The third-order valence-electron chi connectivity index (χ3n) is 5.99. The standard InChI is InChI=1S/C26H51N5O5S/c1-21(2)4-5-22(3)19-31-20-23(18-26(31)34)37-17-7-25(33)30-12-14-36-16-15-35-13-6-24(32)29-11-10-28-9-8-27/h21-23,28H,4-20,27H2,1-3H3,(H,29,32)(H,30,33). The van der Waals surface area contributed by atoms with Crippen LogP contribution < -0.4 is 21.7 Å². The first kappa shape index (κ1) is 33.6. The van der Waals surface area contributed by atoms with Gasteiger partial charge >= 0.3 is 0 Å². The zero-order chi connectivity index (χ0) is 27.3. The fraction of sp³-hybridized carbons (Fsp3) is 0.885. The largest absolute Gasteiger partial charge is 0.379 e. The minimum Gasteiger partial charge on any atom is -0.379 e. The molecule has 1 saturated heterocycles. The number of nitrogens with zero attached hydrogens (tertiary/aromatic N) is 1. The van der Waals surface area contributed by atoms with E-state index in [0.29, 0.717) is 89.5 Å². The van der Waals surface area contributed by atoms with Gasteiger partial charge in [0.1, 0.15) is 0 Å². The summed E-state index contributed by atoms with van der Waals surface area (Å²) in [5.74, 6) is 2.14. The molecule has 37 heavy (non-hydrogen) atoms. The minimum atomic E-state index is -0.0418. The Balaban J connectivity index is 1.94. The first-order valence-electron chi connectivity index (χ1n) is 13.8. The van der Waals surface area contributed by atoms with Crippen LogP contribution in [0.2, 0.25) is 0 Å². The van der Waals surface area contributed by atoms with Gasteiger partial charge in [0, 0.05) is 76.1 Å². The third kappa shape index (κ3) is 18.5. The third-order valence-corrected chi connectivity index (χ3v) is 7.22. The van der Waals surface area contributed by atoms with E-state index in [9.17, 15) is 14.4 Å². The summed E-state index contributed by atoms with van der Waals surface area (Å²) in [4.78, 5) is 38.0. The van der Waals surface area contributed by atoms with Crippen LogP contribution in [0.4, 0.5) is 0 Å². The van der Waals surface area contributed by atoms with Crippen molar-refractivity contribution in [1.82, 2.24) is 20.9 Å².